The van der Waals surface area contributed by atoms with Gasteiger partial charge in [-0.15, -0.1) is 0 Å². The monoisotopic (exact) mass is 621 g/mol. The van der Waals surface area contributed by atoms with Crippen LogP contribution in [0.2, 0.25) is 0 Å². The highest BCUT2D eigenvalue weighted by Gasteiger charge is 2.24. The molecule has 1 aliphatic carbocycles. The lowest BCUT2D eigenvalue weighted by Crippen LogP contribution is -2.10. The van der Waals surface area contributed by atoms with Gasteiger partial charge in [-0.3, -0.25) is 0 Å². The molecule has 0 aromatic heterocycles. The van der Waals surface area contributed by atoms with Crippen LogP contribution < -0.4 is 4.90 Å². The van der Waals surface area contributed by atoms with E-state index < -0.39 is 0 Å². The van der Waals surface area contributed by atoms with E-state index in [2.05, 4.69) is 181 Å². The zero-order chi connectivity index (χ0) is 33.3. The number of aryl methyl sites for hydroxylation is 2. The molecular weight excluding hydrogens is 579 g/mol. The van der Waals surface area contributed by atoms with Crippen LogP contribution in [0.25, 0.3) is 54.9 Å². The Kier molecular flexibility index (Phi) is 7.07. The van der Waals surface area contributed by atoms with E-state index in [4.69, 9.17) is 0 Å². The molecule has 1 aliphatic rings. The van der Waals surface area contributed by atoms with Gasteiger partial charge in [0, 0.05) is 17.1 Å². The molecule has 7 aromatic carbocycles. The van der Waals surface area contributed by atoms with Gasteiger partial charge >= 0.3 is 0 Å². The molecule has 0 aliphatic heterocycles. The Bertz CT molecular complexity index is 2330. The molecule has 0 spiro atoms. The molecular formula is C47H43N. The topological polar surface area (TPSA) is 3.24 Å². The fourth-order valence-electron chi connectivity index (χ4n) is 7.43. The zero-order valence-electron chi connectivity index (χ0n) is 29.1. The molecule has 1 heteroatoms. The average molecular weight is 622 g/mol. The highest BCUT2D eigenvalue weighted by molar-refractivity contribution is 6.12. The van der Waals surface area contributed by atoms with E-state index in [1.165, 1.54) is 94.2 Å². The summed E-state index contributed by atoms with van der Waals surface area (Å²) >= 11 is 0. The molecule has 0 amide bonds. The highest BCUT2D eigenvalue weighted by Crippen LogP contribution is 2.51. The highest BCUT2D eigenvalue weighted by atomic mass is 15.1. The quantitative estimate of drug-likeness (QED) is 0.185. The summed E-state index contributed by atoms with van der Waals surface area (Å²) in [4.78, 5) is 2.40. The number of anilines is 3. The standard InChI is InChI=1S/C47H43N/c1-29(2)32-12-17-40(18-13-32)48(42-21-30(3)20-31(4)22-42)41-19-14-36-26-44-45-27-37-23-34(33-10-15-39(16-11-33)47(5,6)7)8-9-35(37)25-43(45)46(44)28-38(36)24-41/h8-29H,1-7H3. The minimum atomic E-state index is 0.155. The Balaban J connectivity index is 1.17. The predicted molar refractivity (Wildman–Crippen MR) is 208 cm³/mol. The fraction of sp³-hybridized carbons (Fsp3) is 0.191. The second-order valence-electron chi connectivity index (χ2n) is 15.1. The molecule has 0 fully saturated rings. The molecule has 1 nitrogen and oxygen atoms in total. The maximum atomic E-state index is 2.40. The SMILES string of the molecule is Cc1cc(C)cc(N(c2ccc(C(C)C)cc2)c2ccc3cc4c(cc3c2)-c2cc3ccc(-c5ccc(C(C)(C)C)cc5)cc3cc2-4)c1. The summed E-state index contributed by atoms with van der Waals surface area (Å²) in [7, 11) is 0. The molecule has 48 heavy (non-hydrogen) atoms. The molecule has 0 heterocycles. The first kappa shape index (κ1) is 30.2. The summed E-state index contributed by atoms with van der Waals surface area (Å²) in [5.41, 5.74) is 16.9. The lowest BCUT2D eigenvalue weighted by Gasteiger charge is -2.28. The number of hydrogen-bond donors (Lipinski definition) is 0. The molecule has 7 aromatic rings. The van der Waals surface area contributed by atoms with Crippen molar-refractivity contribution in [3.05, 3.63) is 150 Å². The van der Waals surface area contributed by atoms with Gasteiger partial charge in [-0.1, -0.05) is 95.3 Å². The summed E-state index contributed by atoms with van der Waals surface area (Å²) in [6.07, 6.45) is 0. The van der Waals surface area contributed by atoms with Crippen molar-refractivity contribution in [1.82, 2.24) is 0 Å². The van der Waals surface area contributed by atoms with Gasteiger partial charge in [-0.2, -0.15) is 0 Å². The second-order valence-corrected chi connectivity index (χ2v) is 15.1. The summed E-state index contributed by atoms with van der Waals surface area (Å²) in [5.74, 6) is 0.500. The van der Waals surface area contributed by atoms with Gasteiger partial charge in [0.05, 0.1) is 0 Å². The Hall–Kier alpha value is -5.14. The third-order valence-electron chi connectivity index (χ3n) is 10.1. The van der Waals surface area contributed by atoms with E-state index in [0.29, 0.717) is 5.92 Å². The Labute approximate surface area is 285 Å². The minimum absolute atomic E-state index is 0.155. The number of fused-ring (bicyclic) bond motifs is 6. The van der Waals surface area contributed by atoms with Crippen molar-refractivity contribution in [3.8, 4) is 33.4 Å². The largest absolute Gasteiger partial charge is 0.310 e. The van der Waals surface area contributed by atoms with Crippen LogP contribution in [0.15, 0.2) is 127 Å². The van der Waals surface area contributed by atoms with Crippen LogP contribution in [0, 0.1) is 13.8 Å². The third-order valence-corrected chi connectivity index (χ3v) is 10.1. The van der Waals surface area contributed by atoms with E-state index >= 15 is 0 Å². The third kappa shape index (κ3) is 5.28. The van der Waals surface area contributed by atoms with Gasteiger partial charge in [0.1, 0.15) is 0 Å². The summed E-state index contributed by atoms with van der Waals surface area (Å²) in [6.45, 7) is 15.7. The van der Waals surface area contributed by atoms with Crippen LogP contribution in [0.1, 0.15) is 62.8 Å². The molecule has 8 rings (SSSR count). The number of rotatable bonds is 5. The number of hydrogen-bond acceptors (Lipinski definition) is 1. The summed E-state index contributed by atoms with van der Waals surface area (Å²) in [6, 6.07) is 48.4. The van der Waals surface area contributed by atoms with E-state index in [0.717, 1.165) is 0 Å². The molecule has 236 valence electrons. The fourth-order valence-corrected chi connectivity index (χ4v) is 7.43. The van der Waals surface area contributed by atoms with Crippen molar-refractivity contribution in [2.45, 2.75) is 59.8 Å². The maximum absolute atomic E-state index is 2.40. The van der Waals surface area contributed by atoms with E-state index in [9.17, 15) is 0 Å². The van der Waals surface area contributed by atoms with Crippen molar-refractivity contribution in [2.75, 3.05) is 4.90 Å². The Morgan fingerprint density at radius 3 is 1.50 bits per heavy atom. The predicted octanol–water partition coefficient (Wildman–Crippen LogP) is 13.8. The van der Waals surface area contributed by atoms with Crippen LogP contribution in [0.5, 0.6) is 0 Å². The zero-order valence-corrected chi connectivity index (χ0v) is 29.1. The normalized spacial score (nSPS) is 12.2. The van der Waals surface area contributed by atoms with Gasteiger partial charge in [0.15, 0.2) is 0 Å². The minimum Gasteiger partial charge on any atom is -0.310 e. The van der Waals surface area contributed by atoms with Crippen LogP contribution >= 0.6 is 0 Å². The average Bonchev–Trinajstić information content (AvgIpc) is 3.06. The molecule has 0 atom stereocenters. The van der Waals surface area contributed by atoms with Crippen LogP contribution in [-0.4, -0.2) is 0 Å². The Morgan fingerprint density at radius 1 is 0.438 bits per heavy atom. The van der Waals surface area contributed by atoms with Gasteiger partial charge in [-0.05, 0) is 169 Å². The van der Waals surface area contributed by atoms with Crippen molar-refractivity contribution < 1.29 is 0 Å². The van der Waals surface area contributed by atoms with E-state index in [1.807, 2.05) is 0 Å². The number of nitrogens with zero attached hydrogens (tertiary/aromatic N) is 1. The van der Waals surface area contributed by atoms with Crippen molar-refractivity contribution in [2.24, 2.45) is 0 Å². The van der Waals surface area contributed by atoms with Gasteiger partial charge < -0.3 is 4.90 Å². The van der Waals surface area contributed by atoms with Gasteiger partial charge in [0.2, 0.25) is 0 Å². The van der Waals surface area contributed by atoms with E-state index in [-0.39, 0.29) is 5.41 Å². The second kappa shape index (κ2) is 11.2. The van der Waals surface area contributed by atoms with Crippen molar-refractivity contribution in [1.29, 1.82) is 0 Å². The first-order chi connectivity index (χ1) is 23.0. The molecule has 0 bridgehead atoms. The van der Waals surface area contributed by atoms with Gasteiger partial charge in [-0.25, -0.2) is 0 Å². The first-order valence-corrected chi connectivity index (χ1v) is 17.3. The summed E-state index contributed by atoms with van der Waals surface area (Å²) in [5, 5.41) is 5.11. The number of benzene rings is 7. The Morgan fingerprint density at radius 2 is 0.938 bits per heavy atom. The molecule has 0 radical (unpaired) electrons. The van der Waals surface area contributed by atoms with Gasteiger partial charge in [0.25, 0.3) is 0 Å². The van der Waals surface area contributed by atoms with Crippen LogP contribution in [-0.2, 0) is 5.41 Å². The smallest absolute Gasteiger partial charge is 0.0468 e. The van der Waals surface area contributed by atoms with Crippen molar-refractivity contribution in [3.63, 3.8) is 0 Å². The van der Waals surface area contributed by atoms with E-state index in [1.54, 1.807) is 0 Å². The molecule has 0 saturated heterocycles. The van der Waals surface area contributed by atoms with Crippen LogP contribution in [0.4, 0.5) is 17.1 Å². The molecule has 0 N–H and O–H groups in total. The van der Waals surface area contributed by atoms with Crippen LogP contribution in [0.3, 0.4) is 0 Å². The first-order valence-electron chi connectivity index (χ1n) is 17.3. The lowest BCUT2D eigenvalue weighted by molar-refractivity contribution is 0.590. The maximum Gasteiger partial charge on any atom is 0.0468 e. The molecule has 0 saturated carbocycles. The summed E-state index contributed by atoms with van der Waals surface area (Å²) < 4.78 is 0. The van der Waals surface area contributed by atoms with Crippen molar-refractivity contribution >= 4 is 38.6 Å². The lowest BCUT2D eigenvalue weighted by atomic mass is 9.77. The molecule has 0 unspecified atom stereocenters.